The summed E-state index contributed by atoms with van der Waals surface area (Å²) in [5.41, 5.74) is 2.42. The molecule has 1 aliphatic carbocycles. The maximum absolute atomic E-state index is 13.2. The molecular formula is C22H19N3O3. The van der Waals surface area contributed by atoms with E-state index in [-0.39, 0.29) is 17.9 Å². The van der Waals surface area contributed by atoms with E-state index in [0.717, 1.165) is 42.1 Å². The van der Waals surface area contributed by atoms with Gasteiger partial charge in [0.1, 0.15) is 23.3 Å². The molecule has 2 atom stereocenters. The van der Waals surface area contributed by atoms with Crippen molar-refractivity contribution in [3.8, 4) is 0 Å². The number of carbonyl (C=O) groups excluding carboxylic acids is 1. The molecule has 0 radical (unpaired) electrons. The minimum absolute atomic E-state index is 0.0915. The molecule has 140 valence electrons. The van der Waals surface area contributed by atoms with Crippen molar-refractivity contribution >= 4 is 17.7 Å². The van der Waals surface area contributed by atoms with Gasteiger partial charge in [0.2, 0.25) is 0 Å². The number of hydrazone groups is 1. The molecule has 6 heteroatoms. The first-order chi connectivity index (χ1) is 13.8. The molecule has 0 bridgehead atoms. The Labute approximate surface area is 162 Å². The summed E-state index contributed by atoms with van der Waals surface area (Å²) in [4.78, 5) is 17.4. The van der Waals surface area contributed by atoms with E-state index in [1.54, 1.807) is 41.9 Å². The van der Waals surface area contributed by atoms with E-state index in [9.17, 15) is 4.79 Å². The van der Waals surface area contributed by atoms with Crippen LogP contribution in [0, 0.1) is 5.92 Å². The first-order valence-electron chi connectivity index (χ1n) is 9.42. The number of carbonyl (C=O) groups is 1. The van der Waals surface area contributed by atoms with E-state index >= 15 is 0 Å². The van der Waals surface area contributed by atoms with Gasteiger partial charge in [0.05, 0.1) is 18.2 Å². The van der Waals surface area contributed by atoms with Crippen LogP contribution in [0.5, 0.6) is 0 Å². The van der Waals surface area contributed by atoms with Crippen molar-refractivity contribution in [3.63, 3.8) is 0 Å². The SMILES string of the molecule is O=C(c1ccccn1)N1N=C2/C(=C\c3ccco3)CCC[C@@H]2[C@@H]1c1ccco1. The fraction of sp³-hybridized carbons (Fsp3) is 0.227. The van der Waals surface area contributed by atoms with Crippen LogP contribution < -0.4 is 0 Å². The lowest BCUT2D eigenvalue weighted by Crippen LogP contribution is -2.32. The second-order valence-electron chi connectivity index (χ2n) is 6.99. The molecule has 1 aliphatic heterocycles. The van der Waals surface area contributed by atoms with Gasteiger partial charge >= 0.3 is 0 Å². The van der Waals surface area contributed by atoms with Gasteiger partial charge in [-0.3, -0.25) is 9.78 Å². The fourth-order valence-corrected chi connectivity index (χ4v) is 4.06. The van der Waals surface area contributed by atoms with Gasteiger partial charge in [-0.1, -0.05) is 6.07 Å². The highest BCUT2D eigenvalue weighted by atomic mass is 16.3. The summed E-state index contributed by atoms with van der Waals surface area (Å²) in [5, 5.41) is 6.32. The molecular weight excluding hydrogens is 354 g/mol. The molecule has 3 aromatic heterocycles. The van der Waals surface area contributed by atoms with Crippen LogP contribution in [0.25, 0.3) is 6.08 Å². The number of nitrogens with zero attached hydrogens (tertiary/aromatic N) is 3. The topological polar surface area (TPSA) is 71.8 Å². The van der Waals surface area contributed by atoms with Crippen molar-refractivity contribution in [1.82, 2.24) is 9.99 Å². The summed E-state index contributed by atoms with van der Waals surface area (Å²) >= 11 is 0. The summed E-state index contributed by atoms with van der Waals surface area (Å²) < 4.78 is 11.2. The molecule has 2 aliphatic rings. The van der Waals surface area contributed by atoms with Gasteiger partial charge in [0, 0.05) is 12.1 Å². The Morgan fingerprint density at radius 1 is 1.11 bits per heavy atom. The average Bonchev–Trinajstić information content (AvgIpc) is 3.48. The number of rotatable bonds is 3. The van der Waals surface area contributed by atoms with Gasteiger partial charge < -0.3 is 8.83 Å². The lowest BCUT2D eigenvalue weighted by molar-refractivity contribution is 0.0650. The number of fused-ring (bicyclic) bond motifs is 1. The highest BCUT2D eigenvalue weighted by Gasteiger charge is 2.45. The summed E-state index contributed by atoms with van der Waals surface area (Å²) in [5.74, 6) is 1.41. The minimum Gasteiger partial charge on any atom is -0.467 e. The first-order valence-corrected chi connectivity index (χ1v) is 9.42. The van der Waals surface area contributed by atoms with Gasteiger partial charge in [0.25, 0.3) is 5.91 Å². The zero-order chi connectivity index (χ0) is 18.9. The normalized spacial score (nSPS) is 22.9. The quantitative estimate of drug-likeness (QED) is 0.667. The highest BCUT2D eigenvalue weighted by Crippen LogP contribution is 2.44. The summed E-state index contributed by atoms with van der Waals surface area (Å²) in [6.45, 7) is 0. The lowest BCUT2D eigenvalue weighted by Gasteiger charge is -2.27. The van der Waals surface area contributed by atoms with E-state index in [2.05, 4.69) is 4.98 Å². The number of hydrogen-bond donors (Lipinski definition) is 0. The maximum atomic E-state index is 13.2. The van der Waals surface area contributed by atoms with Crippen molar-refractivity contribution in [2.75, 3.05) is 0 Å². The second-order valence-corrected chi connectivity index (χ2v) is 6.99. The molecule has 0 unspecified atom stereocenters. The Morgan fingerprint density at radius 3 is 2.75 bits per heavy atom. The molecule has 6 nitrogen and oxygen atoms in total. The maximum Gasteiger partial charge on any atom is 0.293 e. The van der Waals surface area contributed by atoms with Gasteiger partial charge in [-0.05, 0) is 67.3 Å². The van der Waals surface area contributed by atoms with E-state index in [1.807, 2.05) is 30.3 Å². The molecule has 28 heavy (non-hydrogen) atoms. The third-order valence-corrected chi connectivity index (χ3v) is 5.29. The zero-order valence-electron chi connectivity index (χ0n) is 15.2. The van der Waals surface area contributed by atoms with Crippen LogP contribution in [-0.2, 0) is 0 Å². The van der Waals surface area contributed by atoms with Crippen molar-refractivity contribution in [1.29, 1.82) is 0 Å². The van der Waals surface area contributed by atoms with Crippen LogP contribution in [0.15, 0.2) is 80.7 Å². The number of allylic oxidation sites excluding steroid dienone is 1. The number of hydrogen-bond acceptors (Lipinski definition) is 5. The predicted molar refractivity (Wildman–Crippen MR) is 103 cm³/mol. The summed E-state index contributed by atoms with van der Waals surface area (Å²) in [7, 11) is 0. The third-order valence-electron chi connectivity index (χ3n) is 5.29. The van der Waals surface area contributed by atoms with Crippen molar-refractivity contribution in [3.05, 3.63) is 84.0 Å². The second kappa shape index (κ2) is 6.96. The zero-order valence-corrected chi connectivity index (χ0v) is 15.2. The molecule has 0 spiro atoms. The van der Waals surface area contributed by atoms with Crippen LogP contribution in [0.4, 0.5) is 0 Å². The summed E-state index contributed by atoms with van der Waals surface area (Å²) in [6, 6.07) is 12.6. The van der Waals surface area contributed by atoms with Crippen LogP contribution >= 0.6 is 0 Å². The van der Waals surface area contributed by atoms with E-state index < -0.39 is 0 Å². The van der Waals surface area contributed by atoms with E-state index in [1.165, 1.54) is 0 Å². The molecule has 4 heterocycles. The fourth-order valence-electron chi connectivity index (χ4n) is 4.06. The number of amides is 1. The largest absolute Gasteiger partial charge is 0.467 e. The van der Waals surface area contributed by atoms with Crippen LogP contribution in [0.1, 0.15) is 47.3 Å². The molecule has 3 aromatic rings. The number of pyridine rings is 1. The van der Waals surface area contributed by atoms with E-state index in [4.69, 9.17) is 13.9 Å². The summed E-state index contributed by atoms with van der Waals surface area (Å²) in [6.07, 6.45) is 9.83. The molecule has 5 rings (SSSR count). The highest BCUT2D eigenvalue weighted by molar-refractivity contribution is 6.08. The van der Waals surface area contributed by atoms with Crippen LogP contribution in [-0.4, -0.2) is 21.6 Å². The van der Waals surface area contributed by atoms with Gasteiger partial charge in [-0.15, -0.1) is 0 Å². The smallest absolute Gasteiger partial charge is 0.293 e. The van der Waals surface area contributed by atoms with Crippen molar-refractivity contribution in [2.45, 2.75) is 25.3 Å². The third kappa shape index (κ3) is 2.87. The van der Waals surface area contributed by atoms with Crippen molar-refractivity contribution < 1.29 is 13.6 Å². The average molecular weight is 373 g/mol. The Hall–Kier alpha value is -3.41. The molecule has 1 saturated carbocycles. The molecule has 1 amide bonds. The predicted octanol–water partition coefficient (Wildman–Crippen LogP) is 4.70. The molecule has 0 saturated heterocycles. The molecule has 0 N–H and O–H groups in total. The number of aromatic nitrogens is 1. The first kappa shape index (κ1) is 16.7. The van der Waals surface area contributed by atoms with Crippen LogP contribution in [0.2, 0.25) is 0 Å². The monoisotopic (exact) mass is 373 g/mol. The molecule has 1 fully saturated rings. The minimum atomic E-state index is -0.264. The van der Waals surface area contributed by atoms with Gasteiger partial charge in [0.15, 0.2) is 0 Å². The van der Waals surface area contributed by atoms with Crippen LogP contribution in [0.3, 0.4) is 0 Å². The Morgan fingerprint density at radius 2 is 2.00 bits per heavy atom. The van der Waals surface area contributed by atoms with Crippen molar-refractivity contribution in [2.24, 2.45) is 11.0 Å². The lowest BCUT2D eigenvalue weighted by atomic mass is 9.79. The van der Waals surface area contributed by atoms with Gasteiger partial charge in [-0.25, -0.2) is 5.01 Å². The number of furan rings is 2. The van der Waals surface area contributed by atoms with E-state index in [0.29, 0.717) is 5.69 Å². The standard InChI is InChI=1S/C22H19N3O3/c26-22(18-9-1-2-11-23-18)25-21(19-10-5-13-28-19)17-8-3-6-15(20(17)24-25)14-16-7-4-12-27-16/h1-2,4-5,7,9-14,17,21H,3,6,8H2/b15-14-/t17-,21+/m0/s1. The Bertz CT molecular complexity index is 1020. The Balaban J connectivity index is 1.57. The van der Waals surface area contributed by atoms with Gasteiger partial charge in [-0.2, -0.15) is 5.10 Å². The molecule has 0 aromatic carbocycles. The Kier molecular flexibility index (Phi) is 4.16.